The summed E-state index contributed by atoms with van der Waals surface area (Å²) in [5, 5.41) is 0.513. The van der Waals surface area contributed by atoms with Crippen molar-refractivity contribution < 1.29 is 22.3 Å². The fourth-order valence-electron chi connectivity index (χ4n) is 3.39. The fraction of sp³-hybridized carbons (Fsp3) is 0.381. The molecule has 1 heterocycles. The number of amides is 1. The van der Waals surface area contributed by atoms with Crippen LogP contribution in [0.3, 0.4) is 0 Å². The molecule has 0 N–H and O–H groups in total. The van der Waals surface area contributed by atoms with E-state index in [2.05, 4.69) is 0 Å². The van der Waals surface area contributed by atoms with Crippen LogP contribution in [0.25, 0.3) is 0 Å². The maximum atomic E-state index is 13.3. The third-order valence-electron chi connectivity index (χ3n) is 4.97. The van der Waals surface area contributed by atoms with Gasteiger partial charge in [-0.1, -0.05) is 36.7 Å². The molecular formula is C21H23ClFNO4S. The fourth-order valence-corrected chi connectivity index (χ4v) is 5.32. The molecule has 29 heavy (non-hydrogen) atoms. The molecule has 5 nitrogen and oxygen atoms in total. The number of benzene rings is 2. The van der Waals surface area contributed by atoms with Crippen LogP contribution in [0.5, 0.6) is 5.75 Å². The first-order chi connectivity index (χ1) is 13.8. The molecule has 2 aromatic rings. The zero-order valence-electron chi connectivity index (χ0n) is 16.1. The zero-order valence-corrected chi connectivity index (χ0v) is 17.6. The van der Waals surface area contributed by atoms with Gasteiger partial charge < -0.3 is 9.64 Å². The molecule has 0 aromatic heterocycles. The van der Waals surface area contributed by atoms with Crippen molar-refractivity contribution in [1.82, 2.24) is 4.90 Å². The van der Waals surface area contributed by atoms with Crippen molar-refractivity contribution in [2.24, 2.45) is 0 Å². The lowest BCUT2D eigenvalue weighted by molar-refractivity contribution is -0.141. The third-order valence-corrected chi connectivity index (χ3v) is 7.09. The Hall–Kier alpha value is -2.12. The van der Waals surface area contributed by atoms with Gasteiger partial charge in [0.1, 0.15) is 11.6 Å². The number of sulfone groups is 1. The van der Waals surface area contributed by atoms with Crippen molar-refractivity contribution in [1.29, 1.82) is 0 Å². The van der Waals surface area contributed by atoms with Crippen molar-refractivity contribution in [3.63, 3.8) is 0 Å². The Bertz CT molecular complexity index is 965. The van der Waals surface area contributed by atoms with E-state index in [1.54, 1.807) is 17.0 Å². The number of rotatable bonds is 7. The van der Waals surface area contributed by atoms with E-state index >= 15 is 0 Å². The summed E-state index contributed by atoms with van der Waals surface area (Å²) in [4.78, 5) is 14.9. The number of carbonyl (C=O) groups is 1. The second-order valence-electron chi connectivity index (χ2n) is 7.08. The molecule has 3 rings (SSSR count). The Kier molecular flexibility index (Phi) is 6.80. The lowest BCUT2D eigenvalue weighted by Crippen LogP contribution is -2.47. The van der Waals surface area contributed by atoms with Crippen molar-refractivity contribution in [2.45, 2.75) is 38.5 Å². The summed E-state index contributed by atoms with van der Waals surface area (Å²) in [6, 6.07) is 12.2. The molecule has 8 heteroatoms. The smallest absolute Gasteiger partial charge is 0.264 e. The predicted octanol–water partition coefficient (Wildman–Crippen LogP) is 3.85. The Morgan fingerprint density at radius 2 is 1.93 bits per heavy atom. The first-order valence-electron chi connectivity index (χ1n) is 9.45. The minimum Gasteiger partial charge on any atom is -0.481 e. The van der Waals surface area contributed by atoms with Crippen LogP contribution in [0.2, 0.25) is 5.02 Å². The van der Waals surface area contributed by atoms with Crippen LogP contribution in [-0.4, -0.2) is 42.9 Å². The molecule has 1 aliphatic rings. The Balaban J connectivity index is 1.85. The third kappa shape index (κ3) is 5.48. The van der Waals surface area contributed by atoms with Crippen LogP contribution in [0.4, 0.5) is 4.39 Å². The van der Waals surface area contributed by atoms with Gasteiger partial charge in [0.05, 0.1) is 11.5 Å². The highest BCUT2D eigenvalue weighted by Crippen LogP contribution is 2.25. The molecule has 1 saturated heterocycles. The average molecular weight is 440 g/mol. The number of halogens is 2. The van der Waals surface area contributed by atoms with E-state index in [-0.39, 0.29) is 24.0 Å². The molecule has 1 amide bonds. The molecule has 2 aromatic carbocycles. The lowest BCUT2D eigenvalue weighted by atomic mass is 10.1. The number of nitrogens with zero attached hydrogens (tertiary/aromatic N) is 1. The molecule has 2 unspecified atom stereocenters. The van der Waals surface area contributed by atoms with Gasteiger partial charge in [-0.25, -0.2) is 12.8 Å². The monoisotopic (exact) mass is 439 g/mol. The van der Waals surface area contributed by atoms with Crippen molar-refractivity contribution in [3.05, 3.63) is 64.9 Å². The average Bonchev–Trinajstić information content (AvgIpc) is 3.06. The highest BCUT2D eigenvalue weighted by atomic mass is 35.5. The summed E-state index contributed by atoms with van der Waals surface area (Å²) in [6.45, 7) is 2.01. The number of hydrogen-bond donors (Lipinski definition) is 0. The highest BCUT2D eigenvalue weighted by molar-refractivity contribution is 7.91. The van der Waals surface area contributed by atoms with Gasteiger partial charge in [-0.2, -0.15) is 0 Å². The van der Waals surface area contributed by atoms with Crippen LogP contribution in [-0.2, 0) is 21.2 Å². The van der Waals surface area contributed by atoms with Crippen molar-refractivity contribution in [2.75, 3.05) is 11.5 Å². The van der Waals surface area contributed by atoms with E-state index in [1.807, 2.05) is 19.1 Å². The van der Waals surface area contributed by atoms with E-state index < -0.39 is 27.8 Å². The lowest BCUT2D eigenvalue weighted by Gasteiger charge is -2.32. The molecule has 1 aliphatic heterocycles. The summed E-state index contributed by atoms with van der Waals surface area (Å²) in [7, 11) is -3.18. The molecule has 2 atom stereocenters. The van der Waals surface area contributed by atoms with Crippen LogP contribution in [0.15, 0.2) is 48.5 Å². The molecule has 0 radical (unpaired) electrons. The minimum atomic E-state index is -3.18. The summed E-state index contributed by atoms with van der Waals surface area (Å²) >= 11 is 6.27. The summed E-state index contributed by atoms with van der Waals surface area (Å²) in [5.74, 6) is -0.342. The van der Waals surface area contributed by atoms with E-state index in [4.69, 9.17) is 16.3 Å². The topological polar surface area (TPSA) is 63.7 Å². The predicted molar refractivity (Wildman–Crippen MR) is 110 cm³/mol. The second kappa shape index (κ2) is 9.13. The van der Waals surface area contributed by atoms with Crippen LogP contribution < -0.4 is 4.74 Å². The van der Waals surface area contributed by atoms with Crippen LogP contribution in [0, 0.1) is 5.82 Å². The summed E-state index contributed by atoms with van der Waals surface area (Å²) in [6.07, 6.45) is -0.0496. The highest BCUT2D eigenvalue weighted by Gasteiger charge is 2.37. The van der Waals surface area contributed by atoms with E-state index in [1.165, 1.54) is 24.3 Å². The number of ether oxygens (including phenoxy) is 1. The van der Waals surface area contributed by atoms with Gasteiger partial charge in [-0.05, 0) is 48.7 Å². The molecule has 0 bridgehead atoms. The minimum absolute atomic E-state index is 0.0551. The number of hydrogen-bond acceptors (Lipinski definition) is 4. The van der Waals surface area contributed by atoms with Gasteiger partial charge in [0, 0.05) is 17.6 Å². The molecule has 0 spiro atoms. The molecule has 0 saturated carbocycles. The SMILES string of the molecule is CCC(Oc1ccc(F)cc1)C(=O)N(Cc1ccccc1Cl)C1CCS(=O)(=O)C1. The van der Waals surface area contributed by atoms with Crippen molar-refractivity contribution >= 4 is 27.3 Å². The summed E-state index contributed by atoms with van der Waals surface area (Å²) in [5.41, 5.74) is 0.739. The van der Waals surface area contributed by atoms with E-state index in [0.717, 1.165) is 5.56 Å². The van der Waals surface area contributed by atoms with Gasteiger partial charge in [0.15, 0.2) is 15.9 Å². The van der Waals surface area contributed by atoms with Gasteiger partial charge in [-0.15, -0.1) is 0 Å². The molecule has 0 aliphatic carbocycles. The standard InChI is InChI=1S/C21H23ClFNO4S/c1-2-20(28-18-9-7-16(23)8-10-18)21(25)24(17-11-12-29(26,27)14-17)13-15-5-3-4-6-19(15)22/h3-10,17,20H,2,11-14H2,1H3. The van der Waals surface area contributed by atoms with E-state index in [9.17, 15) is 17.6 Å². The Morgan fingerprint density at radius 1 is 1.24 bits per heavy atom. The van der Waals surface area contributed by atoms with Gasteiger partial charge in [0.2, 0.25) is 0 Å². The quantitative estimate of drug-likeness (QED) is 0.657. The van der Waals surface area contributed by atoms with Gasteiger partial charge in [-0.3, -0.25) is 4.79 Å². The van der Waals surface area contributed by atoms with Crippen LogP contribution in [0.1, 0.15) is 25.3 Å². The summed E-state index contributed by atoms with van der Waals surface area (Å²) < 4.78 is 43.0. The van der Waals surface area contributed by atoms with Gasteiger partial charge >= 0.3 is 0 Å². The van der Waals surface area contributed by atoms with E-state index in [0.29, 0.717) is 23.6 Å². The normalized spacial score (nSPS) is 18.9. The second-order valence-corrected chi connectivity index (χ2v) is 9.72. The Labute approximate surface area is 175 Å². The van der Waals surface area contributed by atoms with Crippen LogP contribution >= 0.6 is 11.6 Å². The van der Waals surface area contributed by atoms with Crippen molar-refractivity contribution in [3.8, 4) is 5.75 Å². The maximum absolute atomic E-state index is 13.3. The zero-order chi connectivity index (χ0) is 21.0. The molecule has 156 valence electrons. The Morgan fingerprint density at radius 3 is 2.52 bits per heavy atom. The van der Waals surface area contributed by atoms with Gasteiger partial charge in [0.25, 0.3) is 5.91 Å². The molecule has 1 fully saturated rings. The number of carbonyl (C=O) groups excluding carboxylic acids is 1. The largest absolute Gasteiger partial charge is 0.481 e. The first kappa shape index (κ1) is 21.6. The molecular weight excluding hydrogens is 417 g/mol. The maximum Gasteiger partial charge on any atom is 0.264 e. The first-order valence-corrected chi connectivity index (χ1v) is 11.7.